The summed E-state index contributed by atoms with van der Waals surface area (Å²) in [6.07, 6.45) is 3.74. The molecule has 4 nitrogen and oxygen atoms in total. The molecular weight excluding hydrogens is 451 g/mol. The summed E-state index contributed by atoms with van der Waals surface area (Å²) in [5.41, 5.74) is 4.87. The highest BCUT2D eigenvalue weighted by molar-refractivity contribution is 6.29. The van der Waals surface area contributed by atoms with Crippen molar-refractivity contribution in [2.75, 3.05) is 13.2 Å². The van der Waals surface area contributed by atoms with E-state index in [1.54, 1.807) is 30.3 Å². The maximum atomic E-state index is 13.5. The minimum absolute atomic E-state index is 0.0293. The number of hydrogen-bond acceptors (Lipinski definition) is 3. The fraction of sp³-hybridized carbons (Fsp3) is 0.357. The lowest BCUT2D eigenvalue weighted by atomic mass is 9.96. The molecule has 178 valence electrons. The van der Waals surface area contributed by atoms with Crippen LogP contribution < -0.4 is 4.74 Å². The van der Waals surface area contributed by atoms with Crippen LogP contribution in [0.5, 0.6) is 5.88 Å². The number of hydrogen-bond donors (Lipinski definition) is 0. The van der Waals surface area contributed by atoms with Crippen LogP contribution in [0.4, 0.5) is 4.39 Å². The first kappa shape index (κ1) is 24.2. The van der Waals surface area contributed by atoms with Gasteiger partial charge in [-0.25, -0.2) is 9.37 Å². The van der Waals surface area contributed by atoms with Gasteiger partial charge in [-0.15, -0.1) is 0 Å². The lowest BCUT2D eigenvalue weighted by molar-refractivity contribution is -0.134. The first-order valence-corrected chi connectivity index (χ1v) is 12.2. The van der Waals surface area contributed by atoms with E-state index >= 15 is 0 Å². The van der Waals surface area contributed by atoms with Gasteiger partial charge >= 0.3 is 0 Å². The van der Waals surface area contributed by atoms with Crippen molar-refractivity contribution in [3.05, 3.63) is 93.9 Å². The van der Waals surface area contributed by atoms with Crippen LogP contribution in [0.25, 0.3) is 0 Å². The molecule has 2 unspecified atom stereocenters. The molecule has 1 aliphatic rings. The summed E-state index contributed by atoms with van der Waals surface area (Å²) in [5, 5.41) is 0.366. The topological polar surface area (TPSA) is 42.4 Å². The lowest BCUT2D eigenvalue weighted by Gasteiger charge is -2.31. The van der Waals surface area contributed by atoms with Crippen molar-refractivity contribution >= 4 is 17.5 Å². The summed E-state index contributed by atoms with van der Waals surface area (Å²) in [6.45, 7) is 4.78. The minimum atomic E-state index is -0.277. The summed E-state index contributed by atoms with van der Waals surface area (Å²) in [4.78, 5) is 19.5. The normalized spacial score (nSPS) is 14.4. The van der Waals surface area contributed by atoms with E-state index in [0.29, 0.717) is 30.6 Å². The molecule has 4 rings (SSSR count). The number of aryl methyl sites for hydroxylation is 2. The first-order valence-electron chi connectivity index (χ1n) is 11.8. The molecule has 0 spiro atoms. The van der Waals surface area contributed by atoms with Crippen molar-refractivity contribution in [2.45, 2.75) is 51.5 Å². The van der Waals surface area contributed by atoms with Gasteiger partial charge in [0.15, 0.2) is 0 Å². The van der Waals surface area contributed by atoms with Gasteiger partial charge in [-0.05, 0) is 72.6 Å². The number of carbonyl (C=O) groups excluding carboxylic acids is 1. The number of aromatic nitrogens is 1. The third kappa shape index (κ3) is 5.95. The second kappa shape index (κ2) is 11.0. The van der Waals surface area contributed by atoms with E-state index in [9.17, 15) is 9.18 Å². The van der Waals surface area contributed by atoms with E-state index in [4.69, 9.17) is 16.3 Å². The summed E-state index contributed by atoms with van der Waals surface area (Å²) in [6, 6.07) is 18.1. The molecule has 1 aliphatic carbocycles. The van der Waals surface area contributed by atoms with E-state index in [1.807, 2.05) is 11.8 Å². The van der Waals surface area contributed by atoms with Gasteiger partial charge in [0.25, 0.3) is 0 Å². The standard InChI is InChI=1S/C28H30ClFN2O2/c1-19(21-11-13-25(30)14-12-21)17-28(33)32(15-16-34-27-8-4-7-26(29)31-27)20(2)23-10-9-22-5-3-6-24(22)18-23/h4,7-14,18-20H,3,5-6,15-17H2,1-2H3. The third-order valence-electron chi connectivity index (χ3n) is 6.58. The Morgan fingerprint density at radius 1 is 1.06 bits per heavy atom. The zero-order valence-electron chi connectivity index (χ0n) is 19.6. The number of amides is 1. The number of fused-ring (bicyclic) bond motifs is 1. The van der Waals surface area contributed by atoms with Crippen molar-refractivity contribution in [2.24, 2.45) is 0 Å². The van der Waals surface area contributed by atoms with Crippen LogP contribution in [-0.4, -0.2) is 28.9 Å². The number of nitrogens with zero attached hydrogens (tertiary/aromatic N) is 2. The molecule has 34 heavy (non-hydrogen) atoms. The fourth-order valence-electron chi connectivity index (χ4n) is 4.57. The highest BCUT2D eigenvalue weighted by Gasteiger charge is 2.25. The van der Waals surface area contributed by atoms with Gasteiger partial charge in [-0.2, -0.15) is 0 Å². The van der Waals surface area contributed by atoms with E-state index in [1.165, 1.54) is 29.7 Å². The Hall–Kier alpha value is -2.92. The molecule has 0 bridgehead atoms. The van der Waals surface area contributed by atoms with E-state index in [-0.39, 0.29) is 23.7 Å². The lowest BCUT2D eigenvalue weighted by Crippen LogP contribution is -2.37. The Morgan fingerprint density at radius 3 is 2.56 bits per heavy atom. The van der Waals surface area contributed by atoms with Gasteiger partial charge in [-0.1, -0.05) is 54.9 Å². The first-order chi connectivity index (χ1) is 16.4. The molecule has 6 heteroatoms. The Labute approximate surface area is 205 Å². The van der Waals surface area contributed by atoms with Gasteiger partial charge in [0, 0.05) is 12.5 Å². The predicted molar refractivity (Wildman–Crippen MR) is 133 cm³/mol. The average molecular weight is 481 g/mol. The average Bonchev–Trinajstić information content (AvgIpc) is 3.30. The third-order valence-corrected chi connectivity index (χ3v) is 6.79. The highest BCUT2D eigenvalue weighted by Crippen LogP contribution is 2.29. The molecule has 0 fully saturated rings. The monoisotopic (exact) mass is 480 g/mol. The molecule has 3 aromatic rings. The molecule has 0 radical (unpaired) electrons. The Morgan fingerprint density at radius 2 is 1.79 bits per heavy atom. The van der Waals surface area contributed by atoms with Gasteiger partial charge in [-0.3, -0.25) is 4.79 Å². The maximum absolute atomic E-state index is 13.5. The predicted octanol–water partition coefficient (Wildman–Crippen LogP) is 6.53. The minimum Gasteiger partial charge on any atom is -0.476 e. The number of carbonyl (C=O) groups is 1. The van der Waals surface area contributed by atoms with Gasteiger partial charge in [0.05, 0.1) is 12.6 Å². The summed E-state index contributed by atoms with van der Waals surface area (Å²) in [5.74, 6) is 0.163. The zero-order chi connectivity index (χ0) is 24.1. The van der Waals surface area contributed by atoms with Crippen LogP contribution in [-0.2, 0) is 17.6 Å². The molecule has 1 heterocycles. The number of halogens is 2. The van der Waals surface area contributed by atoms with Gasteiger partial charge in [0.2, 0.25) is 11.8 Å². The van der Waals surface area contributed by atoms with Gasteiger partial charge < -0.3 is 9.64 Å². The van der Waals surface area contributed by atoms with Crippen molar-refractivity contribution in [1.29, 1.82) is 0 Å². The maximum Gasteiger partial charge on any atom is 0.223 e. The number of rotatable bonds is 9. The van der Waals surface area contributed by atoms with Crippen LogP contribution in [0.2, 0.25) is 5.15 Å². The molecule has 0 aliphatic heterocycles. The van der Waals surface area contributed by atoms with E-state index < -0.39 is 0 Å². The molecule has 1 aromatic heterocycles. The van der Waals surface area contributed by atoms with Crippen molar-refractivity contribution in [1.82, 2.24) is 9.88 Å². The number of ether oxygens (including phenoxy) is 1. The second-order valence-corrected chi connectivity index (χ2v) is 9.34. The van der Waals surface area contributed by atoms with Crippen molar-refractivity contribution in [3.63, 3.8) is 0 Å². The van der Waals surface area contributed by atoms with Crippen LogP contribution >= 0.6 is 11.6 Å². The molecule has 0 saturated carbocycles. The summed E-state index contributed by atoms with van der Waals surface area (Å²) >= 11 is 5.96. The van der Waals surface area contributed by atoms with Crippen LogP contribution in [0.1, 0.15) is 60.9 Å². The Kier molecular flexibility index (Phi) is 7.84. The smallest absolute Gasteiger partial charge is 0.223 e. The van der Waals surface area contributed by atoms with Crippen molar-refractivity contribution in [3.8, 4) is 5.88 Å². The zero-order valence-corrected chi connectivity index (χ0v) is 20.4. The van der Waals surface area contributed by atoms with Crippen LogP contribution in [0, 0.1) is 5.82 Å². The molecule has 2 atom stereocenters. The Bertz CT molecular complexity index is 1140. The van der Waals surface area contributed by atoms with E-state index in [2.05, 4.69) is 30.1 Å². The summed E-state index contributed by atoms with van der Waals surface area (Å²) < 4.78 is 19.1. The summed E-state index contributed by atoms with van der Waals surface area (Å²) in [7, 11) is 0. The fourth-order valence-corrected chi connectivity index (χ4v) is 4.73. The quantitative estimate of drug-likeness (QED) is 0.327. The van der Waals surface area contributed by atoms with Crippen molar-refractivity contribution < 1.29 is 13.9 Å². The number of pyridine rings is 1. The van der Waals surface area contributed by atoms with Gasteiger partial charge in [0.1, 0.15) is 17.6 Å². The molecule has 2 aromatic carbocycles. The van der Waals surface area contributed by atoms with Crippen LogP contribution in [0.3, 0.4) is 0 Å². The number of benzene rings is 2. The molecular formula is C28H30ClFN2O2. The Balaban J connectivity index is 1.49. The highest BCUT2D eigenvalue weighted by atomic mass is 35.5. The molecule has 0 saturated heterocycles. The van der Waals surface area contributed by atoms with E-state index in [0.717, 1.165) is 24.0 Å². The second-order valence-electron chi connectivity index (χ2n) is 8.95. The SMILES string of the molecule is CC(CC(=O)N(CCOc1cccc(Cl)n1)C(C)c1ccc2c(c1)CCC2)c1ccc(F)cc1. The molecule has 1 amide bonds. The molecule has 0 N–H and O–H groups in total. The van der Waals surface area contributed by atoms with Crippen LogP contribution in [0.15, 0.2) is 60.7 Å². The largest absolute Gasteiger partial charge is 0.476 e.